The summed E-state index contributed by atoms with van der Waals surface area (Å²) >= 11 is 0. The van der Waals surface area contributed by atoms with Crippen LogP contribution in [0.5, 0.6) is 0 Å². The monoisotopic (exact) mass is 222 g/mol. The molecule has 74 valence electrons. The lowest BCUT2D eigenvalue weighted by Gasteiger charge is -2.17. The van der Waals surface area contributed by atoms with Crippen molar-refractivity contribution in [1.29, 1.82) is 0 Å². The zero-order valence-electron chi connectivity index (χ0n) is 6.77. The number of hydrogen-bond donors (Lipinski definition) is 0. The molecule has 0 rings (SSSR count). The first-order valence-electron chi connectivity index (χ1n) is 2.98. The molecule has 0 spiro atoms. The Labute approximate surface area is 72.8 Å². The second-order valence-electron chi connectivity index (χ2n) is 3.10. The molecule has 0 aliphatic rings. The zero-order valence-corrected chi connectivity index (χ0v) is 8.40. The molecule has 0 N–H and O–H groups in total. The first-order valence-corrected chi connectivity index (χ1v) is 5.79. The normalized spacial score (nSPS) is 14.8. The average Bonchev–Trinajstić information content (AvgIpc) is 1.52. The fourth-order valence-electron chi connectivity index (χ4n) is 0.376. The highest BCUT2D eigenvalue weighted by atomic mass is 33.1. The van der Waals surface area contributed by atoms with Crippen molar-refractivity contribution in [3.8, 4) is 0 Å². The summed E-state index contributed by atoms with van der Waals surface area (Å²) in [5.41, 5.74) is -5.16. The van der Waals surface area contributed by atoms with Gasteiger partial charge >= 0.3 is 14.4 Å². The Bertz CT molecular complexity index is 247. The minimum Gasteiger partial charge on any atom is -0.208 e. The van der Waals surface area contributed by atoms with E-state index < -0.39 is 19.1 Å². The van der Waals surface area contributed by atoms with Crippen LogP contribution in [0.2, 0.25) is 0 Å². The van der Waals surface area contributed by atoms with Crippen molar-refractivity contribution in [1.82, 2.24) is 0 Å². The third-order valence-corrected chi connectivity index (χ3v) is 4.65. The van der Waals surface area contributed by atoms with Crippen LogP contribution < -0.4 is 0 Å². The van der Waals surface area contributed by atoms with Gasteiger partial charge in [-0.2, -0.15) is 13.2 Å². The third-order valence-electron chi connectivity index (χ3n) is 0.643. The van der Waals surface area contributed by atoms with Crippen molar-refractivity contribution in [3.63, 3.8) is 0 Å². The van der Waals surface area contributed by atoms with E-state index in [0.29, 0.717) is 0 Å². The van der Waals surface area contributed by atoms with Crippen LogP contribution >= 0.6 is 10.8 Å². The molecule has 2 nitrogen and oxygen atoms in total. The molecule has 0 aromatic carbocycles. The van der Waals surface area contributed by atoms with Crippen LogP contribution in [0.1, 0.15) is 20.8 Å². The molecule has 0 fully saturated rings. The van der Waals surface area contributed by atoms with Gasteiger partial charge in [0.1, 0.15) is 0 Å². The lowest BCUT2D eigenvalue weighted by molar-refractivity contribution is -0.0410. The van der Waals surface area contributed by atoms with E-state index in [1.807, 2.05) is 0 Å². The molecule has 12 heavy (non-hydrogen) atoms. The van der Waals surface area contributed by atoms with Crippen LogP contribution in [0.25, 0.3) is 0 Å². The Balaban J connectivity index is 4.70. The van der Waals surface area contributed by atoms with Crippen molar-refractivity contribution in [2.24, 2.45) is 0 Å². The Kier molecular flexibility index (Phi) is 3.12. The third kappa shape index (κ3) is 3.66. The van der Waals surface area contributed by atoms with E-state index in [2.05, 4.69) is 0 Å². The quantitative estimate of drug-likeness (QED) is 0.639. The van der Waals surface area contributed by atoms with Gasteiger partial charge in [-0.25, -0.2) is 8.42 Å². The Morgan fingerprint density at radius 3 is 1.50 bits per heavy atom. The standard InChI is InChI=1S/C5H9F3O2S2/c1-4(2,3)11-12(9,10)5(6,7)8/h1-3H3. The van der Waals surface area contributed by atoms with Gasteiger partial charge in [0, 0.05) is 4.75 Å². The topological polar surface area (TPSA) is 34.1 Å². The maximum absolute atomic E-state index is 11.8. The van der Waals surface area contributed by atoms with Gasteiger partial charge in [0.15, 0.2) is 0 Å². The molecule has 7 heteroatoms. The van der Waals surface area contributed by atoms with E-state index in [0.717, 1.165) is 0 Å². The highest BCUT2D eigenvalue weighted by Crippen LogP contribution is 2.39. The number of rotatable bonds is 1. The van der Waals surface area contributed by atoms with Crippen LogP contribution in [-0.4, -0.2) is 18.7 Å². The molecule has 0 aliphatic carbocycles. The molecule has 0 aliphatic heterocycles. The smallest absolute Gasteiger partial charge is 0.208 e. The number of halogens is 3. The van der Waals surface area contributed by atoms with Gasteiger partial charge in [-0.15, -0.1) is 0 Å². The van der Waals surface area contributed by atoms with Gasteiger partial charge in [0.25, 0.3) is 0 Å². The second kappa shape index (κ2) is 3.10. The van der Waals surface area contributed by atoms with Crippen molar-refractivity contribution in [2.45, 2.75) is 31.0 Å². The van der Waals surface area contributed by atoms with E-state index >= 15 is 0 Å². The van der Waals surface area contributed by atoms with Crippen molar-refractivity contribution >= 4 is 19.7 Å². The maximum Gasteiger partial charge on any atom is 0.507 e. The molecular formula is C5H9F3O2S2. The number of alkyl halides is 3. The van der Waals surface area contributed by atoms with E-state index in [4.69, 9.17) is 0 Å². The molecule has 0 radical (unpaired) electrons. The van der Waals surface area contributed by atoms with Gasteiger partial charge in [-0.05, 0) is 31.6 Å². The van der Waals surface area contributed by atoms with Crippen LogP contribution in [0, 0.1) is 0 Å². The van der Waals surface area contributed by atoms with Crippen molar-refractivity contribution in [2.75, 3.05) is 0 Å². The molecule has 0 unspecified atom stereocenters. The summed E-state index contributed by atoms with van der Waals surface area (Å²) in [7, 11) is -5.13. The predicted octanol–water partition coefficient (Wildman–Crippen LogP) is 2.37. The summed E-state index contributed by atoms with van der Waals surface area (Å²) in [6.07, 6.45) is 0. The molecular weight excluding hydrogens is 213 g/mol. The molecule has 0 saturated carbocycles. The first kappa shape index (κ1) is 12.1. The van der Waals surface area contributed by atoms with Crippen LogP contribution in [0.3, 0.4) is 0 Å². The van der Waals surface area contributed by atoms with Crippen molar-refractivity contribution in [3.05, 3.63) is 0 Å². The minimum absolute atomic E-state index is 0.0868. The van der Waals surface area contributed by atoms with E-state index in [9.17, 15) is 21.6 Å². The zero-order chi connectivity index (χ0) is 10.2. The van der Waals surface area contributed by atoms with Gasteiger partial charge in [-0.1, -0.05) is 0 Å². The molecule has 0 aromatic rings. The minimum atomic E-state index is -5.16. The Hall–Kier alpha value is 0.0900. The van der Waals surface area contributed by atoms with Crippen molar-refractivity contribution < 1.29 is 21.6 Å². The van der Waals surface area contributed by atoms with Crippen LogP contribution in [-0.2, 0) is 8.87 Å². The summed E-state index contributed by atoms with van der Waals surface area (Å²) in [5.74, 6) is 0. The summed E-state index contributed by atoms with van der Waals surface area (Å²) < 4.78 is 55.3. The fraction of sp³-hybridized carbons (Fsp3) is 1.00. The van der Waals surface area contributed by atoms with Gasteiger partial charge in [0.05, 0.1) is 0 Å². The highest BCUT2D eigenvalue weighted by molar-refractivity contribution is 8.72. The SMILES string of the molecule is CC(C)(C)SS(=O)(=O)C(F)(F)F. The van der Waals surface area contributed by atoms with E-state index in [-0.39, 0.29) is 10.8 Å². The predicted molar refractivity (Wildman–Crippen MR) is 42.3 cm³/mol. The molecule has 0 amide bonds. The molecule has 0 atom stereocenters. The van der Waals surface area contributed by atoms with E-state index in [1.165, 1.54) is 20.8 Å². The Morgan fingerprint density at radius 1 is 1.08 bits per heavy atom. The van der Waals surface area contributed by atoms with E-state index in [1.54, 1.807) is 0 Å². The fourth-order valence-corrected chi connectivity index (χ4v) is 3.39. The molecule has 0 saturated heterocycles. The lowest BCUT2D eigenvalue weighted by atomic mass is 10.3. The molecule has 0 heterocycles. The van der Waals surface area contributed by atoms with Gasteiger partial charge in [-0.3, -0.25) is 0 Å². The van der Waals surface area contributed by atoms with Crippen LogP contribution in [0.4, 0.5) is 13.2 Å². The first-order chi connectivity index (χ1) is 4.96. The van der Waals surface area contributed by atoms with Crippen LogP contribution in [0.15, 0.2) is 0 Å². The molecule has 0 aromatic heterocycles. The highest BCUT2D eigenvalue weighted by Gasteiger charge is 2.48. The molecule has 0 bridgehead atoms. The summed E-state index contributed by atoms with van der Waals surface area (Å²) in [4.78, 5) is 0. The Morgan fingerprint density at radius 2 is 1.42 bits per heavy atom. The number of hydrogen-bond acceptors (Lipinski definition) is 3. The van der Waals surface area contributed by atoms with Gasteiger partial charge < -0.3 is 0 Å². The summed E-state index contributed by atoms with van der Waals surface area (Å²) in [6, 6.07) is 0. The summed E-state index contributed by atoms with van der Waals surface area (Å²) in [6.45, 7) is 4.21. The average molecular weight is 222 g/mol. The maximum atomic E-state index is 11.8. The lowest BCUT2D eigenvalue weighted by Crippen LogP contribution is -2.24. The second-order valence-corrected chi connectivity index (χ2v) is 7.67. The van der Waals surface area contributed by atoms with Gasteiger partial charge in [0.2, 0.25) is 0 Å². The summed E-state index contributed by atoms with van der Waals surface area (Å²) in [5, 5.41) is 0. The largest absolute Gasteiger partial charge is 0.507 e.